The molecule has 4 nitrogen and oxygen atoms in total. The van der Waals surface area contributed by atoms with Gasteiger partial charge >= 0.3 is 6.18 Å². The van der Waals surface area contributed by atoms with Gasteiger partial charge in [-0.25, -0.2) is 0 Å². The van der Waals surface area contributed by atoms with Crippen LogP contribution in [0.2, 0.25) is 5.02 Å². The molecule has 4 rings (SSSR count). The first kappa shape index (κ1) is 21.2. The molecule has 2 unspecified atom stereocenters. The van der Waals surface area contributed by atoms with Crippen molar-refractivity contribution in [2.24, 2.45) is 5.92 Å². The third-order valence-electron chi connectivity index (χ3n) is 5.82. The van der Waals surface area contributed by atoms with Gasteiger partial charge in [0.15, 0.2) is 0 Å². The highest BCUT2D eigenvalue weighted by molar-refractivity contribution is 6.30. The molecule has 30 heavy (non-hydrogen) atoms. The summed E-state index contributed by atoms with van der Waals surface area (Å²) in [6.45, 7) is 6.08. The van der Waals surface area contributed by atoms with Crippen LogP contribution in [0.3, 0.4) is 0 Å². The summed E-state index contributed by atoms with van der Waals surface area (Å²) < 4.78 is 49.2. The topological polar surface area (TPSA) is 34.5 Å². The van der Waals surface area contributed by atoms with Gasteiger partial charge in [0.2, 0.25) is 0 Å². The van der Waals surface area contributed by atoms with E-state index in [4.69, 9.17) is 16.3 Å². The van der Waals surface area contributed by atoms with Crippen LogP contribution in [0.5, 0.6) is 0 Å². The van der Waals surface area contributed by atoms with Crippen molar-refractivity contribution in [1.82, 2.24) is 9.47 Å². The SMILES string of the molecule is Cc1c(-c2ccc(Cl)cc2)c(C(=O)N2CC3CC2CO3)n(CC(C)C)c1C(F)(F)F. The molecule has 2 aliphatic rings. The maximum atomic E-state index is 14.1. The summed E-state index contributed by atoms with van der Waals surface area (Å²) in [5.74, 6) is -0.434. The quantitative estimate of drug-likeness (QED) is 0.637. The van der Waals surface area contributed by atoms with Gasteiger partial charge in [0.05, 0.1) is 18.8 Å². The molecular formula is C22H24ClF3N2O2. The lowest BCUT2D eigenvalue weighted by Gasteiger charge is -2.28. The number of halogens is 4. The van der Waals surface area contributed by atoms with Crippen LogP contribution in [0.15, 0.2) is 24.3 Å². The van der Waals surface area contributed by atoms with Crippen LogP contribution in [-0.2, 0) is 17.5 Å². The van der Waals surface area contributed by atoms with E-state index in [0.29, 0.717) is 29.3 Å². The van der Waals surface area contributed by atoms with Gasteiger partial charge in [-0.1, -0.05) is 37.6 Å². The highest BCUT2D eigenvalue weighted by atomic mass is 35.5. The summed E-state index contributed by atoms with van der Waals surface area (Å²) in [7, 11) is 0. The molecule has 1 aromatic heterocycles. The minimum atomic E-state index is -4.58. The molecule has 162 valence electrons. The number of rotatable bonds is 4. The molecular weight excluding hydrogens is 417 g/mol. The van der Waals surface area contributed by atoms with Gasteiger partial charge in [-0.05, 0) is 42.5 Å². The van der Waals surface area contributed by atoms with Gasteiger partial charge in [-0.3, -0.25) is 4.79 Å². The van der Waals surface area contributed by atoms with Crippen LogP contribution in [0.25, 0.3) is 11.1 Å². The molecule has 1 aromatic carbocycles. The largest absolute Gasteiger partial charge is 0.431 e. The number of carbonyl (C=O) groups is 1. The van der Waals surface area contributed by atoms with E-state index in [9.17, 15) is 18.0 Å². The summed E-state index contributed by atoms with van der Waals surface area (Å²) in [5, 5.41) is 0.482. The number of ether oxygens (including phenoxy) is 1. The van der Waals surface area contributed by atoms with E-state index in [0.717, 1.165) is 6.42 Å². The van der Waals surface area contributed by atoms with E-state index < -0.39 is 11.9 Å². The van der Waals surface area contributed by atoms with E-state index in [1.165, 1.54) is 11.5 Å². The van der Waals surface area contributed by atoms with Crippen LogP contribution in [0, 0.1) is 12.8 Å². The van der Waals surface area contributed by atoms with E-state index in [2.05, 4.69) is 0 Å². The number of morpholine rings is 1. The Hall–Kier alpha value is -1.99. The molecule has 0 saturated carbocycles. The number of carbonyl (C=O) groups excluding carboxylic acids is 1. The first-order chi connectivity index (χ1) is 14.1. The zero-order valence-electron chi connectivity index (χ0n) is 17.1. The average molecular weight is 441 g/mol. The van der Waals surface area contributed by atoms with Crippen molar-refractivity contribution in [3.05, 3.63) is 46.2 Å². The number of alkyl halides is 3. The van der Waals surface area contributed by atoms with Gasteiger partial charge in [0.1, 0.15) is 11.4 Å². The molecule has 8 heteroatoms. The predicted octanol–water partition coefficient (Wildman–Crippen LogP) is 5.41. The molecule has 2 aliphatic heterocycles. The maximum absolute atomic E-state index is 14.1. The summed E-state index contributed by atoms with van der Waals surface area (Å²) >= 11 is 5.99. The van der Waals surface area contributed by atoms with E-state index in [1.54, 1.807) is 29.2 Å². The molecule has 2 fully saturated rings. The number of likely N-dealkylation sites (tertiary alicyclic amines) is 1. The normalized spacial score (nSPS) is 21.1. The van der Waals surface area contributed by atoms with E-state index in [-0.39, 0.29) is 41.8 Å². The number of fused-ring (bicyclic) bond motifs is 2. The lowest BCUT2D eigenvalue weighted by molar-refractivity contribution is -0.144. The fourth-order valence-corrected chi connectivity index (χ4v) is 4.76. The zero-order chi connectivity index (χ0) is 21.8. The Balaban J connectivity index is 1.94. The smallest absolute Gasteiger partial charge is 0.374 e. The third-order valence-corrected chi connectivity index (χ3v) is 6.07. The summed E-state index contributed by atoms with van der Waals surface area (Å²) in [6, 6.07) is 6.51. The minimum absolute atomic E-state index is 0.0328. The third kappa shape index (κ3) is 3.62. The van der Waals surface area contributed by atoms with Gasteiger partial charge in [-0.2, -0.15) is 13.2 Å². The fraction of sp³-hybridized carbons (Fsp3) is 0.500. The molecule has 2 atom stereocenters. The second-order valence-electron chi connectivity index (χ2n) is 8.51. The number of aromatic nitrogens is 1. The molecule has 0 N–H and O–H groups in total. The molecule has 0 aliphatic carbocycles. The minimum Gasteiger partial charge on any atom is -0.374 e. The van der Waals surface area contributed by atoms with Crippen LogP contribution in [0.1, 0.15) is 42.0 Å². The predicted molar refractivity (Wildman–Crippen MR) is 109 cm³/mol. The summed E-state index contributed by atoms with van der Waals surface area (Å²) in [6.07, 6.45) is -3.88. The number of hydrogen-bond donors (Lipinski definition) is 0. The first-order valence-electron chi connectivity index (χ1n) is 10.1. The lowest BCUT2D eigenvalue weighted by atomic mass is 10.00. The van der Waals surface area contributed by atoms with Crippen molar-refractivity contribution in [3.8, 4) is 11.1 Å². The fourth-order valence-electron chi connectivity index (χ4n) is 4.64. The summed E-state index contributed by atoms with van der Waals surface area (Å²) in [4.78, 5) is 15.3. The number of amides is 1. The highest BCUT2D eigenvalue weighted by Gasteiger charge is 2.46. The van der Waals surface area contributed by atoms with Gasteiger partial charge in [-0.15, -0.1) is 0 Å². The Morgan fingerprint density at radius 1 is 1.27 bits per heavy atom. The van der Waals surface area contributed by atoms with Crippen molar-refractivity contribution >= 4 is 17.5 Å². The maximum Gasteiger partial charge on any atom is 0.431 e. The van der Waals surface area contributed by atoms with Crippen molar-refractivity contribution in [3.63, 3.8) is 0 Å². The van der Waals surface area contributed by atoms with Crippen molar-refractivity contribution < 1.29 is 22.7 Å². The highest BCUT2D eigenvalue weighted by Crippen LogP contribution is 2.43. The lowest BCUT2D eigenvalue weighted by Crippen LogP contribution is -2.42. The van der Waals surface area contributed by atoms with Crippen LogP contribution in [0.4, 0.5) is 13.2 Å². The molecule has 1 amide bonds. The van der Waals surface area contributed by atoms with Crippen molar-refractivity contribution in [2.45, 2.75) is 52.1 Å². The number of nitrogens with zero attached hydrogens (tertiary/aromatic N) is 2. The number of hydrogen-bond acceptors (Lipinski definition) is 2. The standard InChI is InChI=1S/C22H24ClF3N2O2/c1-12(2)9-28-19(21(29)27-10-17-8-16(27)11-30-17)18(13(3)20(28)22(24,25)26)14-4-6-15(23)7-5-14/h4-7,12,16-17H,8-11H2,1-3H3. The Kier molecular flexibility index (Phi) is 5.39. The number of benzene rings is 1. The molecule has 2 saturated heterocycles. The van der Waals surface area contributed by atoms with Gasteiger partial charge in [0, 0.05) is 23.7 Å². The van der Waals surface area contributed by atoms with Gasteiger partial charge in [0.25, 0.3) is 5.91 Å². The Morgan fingerprint density at radius 2 is 1.93 bits per heavy atom. The molecule has 3 heterocycles. The van der Waals surface area contributed by atoms with Crippen molar-refractivity contribution in [2.75, 3.05) is 13.2 Å². The van der Waals surface area contributed by atoms with E-state index in [1.807, 2.05) is 13.8 Å². The van der Waals surface area contributed by atoms with Crippen LogP contribution >= 0.6 is 11.6 Å². The summed E-state index contributed by atoms with van der Waals surface area (Å²) in [5.41, 5.74) is 0.283. The monoisotopic (exact) mass is 440 g/mol. The molecule has 0 spiro atoms. The molecule has 2 bridgehead atoms. The second kappa shape index (κ2) is 7.61. The van der Waals surface area contributed by atoms with E-state index >= 15 is 0 Å². The molecule has 0 radical (unpaired) electrons. The van der Waals surface area contributed by atoms with Gasteiger partial charge < -0.3 is 14.2 Å². The second-order valence-corrected chi connectivity index (χ2v) is 8.95. The Labute approximate surface area is 178 Å². The average Bonchev–Trinajstić information content (AvgIpc) is 3.34. The van der Waals surface area contributed by atoms with Crippen LogP contribution < -0.4 is 0 Å². The first-order valence-corrected chi connectivity index (χ1v) is 10.4. The Morgan fingerprint density at radius 3 is 2.43 bits per heavy atom. The molecule has 2 aromatic rings. The Bertz CT molecular complexity index is 966. The van der Waals surface area contributed by atoms with Crippen molar-refractivity contribution in [1.29, 1.82) is 0 Å². The van der Waals surface area contributed by atoms with Crippen LogP contribution in [-0.4, -0.2) is 40.7 Å². The zero-order valence-corrected chi connectivity index (χ0v) is 17.8.